The molecule has 0 aliphatic carbocycles. The average molecular weight is 297 g/mol. The fraction of sp³-hybridized carbons (Fsp3) is 0.231. The van der Waals surface area contributed by atoms with Gasteiger partial charge in [0.2, 0.25) is 0 Å². The molecule has 1 aromatic heterocycles. The molecule has 0 fully saturated rings. The Morgan fingerprint density at radius 2 is 2.32 bits per heavy atom. The summed E-state index contributed by atoms with van der Waals surface area (Å²) in [5, 5.41) is 11.9. The van der Waals surface area contributed by atoms with E-state index in [1.165, 1.54) is 30.0 Å². The summed E-state index contributed by atoms with van der Waals surface area (Å²) in [6.45, 7) is 2.03. The molecular weight excluding hydrogens is 285 g/mol. The molecule has 0 aliphatic heterocycles. The van der Waals surface area contributed by atoms with Crippen LogP contribution in [0.2, 0.25) is 0 Å². The number of halogens is 1. The number of rotatable bonds is 5. The lowest BCUT2D eigenvalue weighted by Crippen LogP contribution is -1.97. The molecule has 0 saturated heterocycles. The lowest BCUT2D eigenvalue weighted by molar-refractivity contribution is 0.0696. The first-order chi connectivity index (χ1) is 9.10. The van der Waals surface area contributed by atoms with Gasteiger partial charge in [-0.15, -0.1) is 23.1 Å². The Bertz CT molecular complexity index is 598. The zero-order chi connectivity index (χ0) is 13.8. The maximum absolute atomic E-state index is 13.6. The van der Waals surface area contributed by atoms with Crippen LogP contribution in [0, 0.1) is 5.82 Å². The molecule has 6 heteroatoms. The minimum atomic E-state index is -1.05. The van der Waals surface area contributed by atoms with Gasteiger partial charge in [-0.3, -0.25) is 0 Å². The Balaban J connectivity index is 2.10. The Hall–Kier alpha value is -1.40. The molecule has 100 valence electrons. The van der Waals surface area contributed by atoms with Gasteiger partial charge in [0.05, 0.1) is 16.3 Å². The number of hydrogen-bond donors (Lipinski definition) is 1. The highest BCUT2D eigenvalue weighted by molar-refractivity contribution is 7.98. The highest BCUT2D eigenvalue weighted by atomic mass is 32.2. The number of benzene rings is 1. The molecular formula is C13H12FNO2S2. The average Bonchev–Trinajstić information content (AvgIpc) is 2.85. The van der Waals surface area contributed by atoms with E-state index in [9.17, 15) is 9.18 Å². The van der Waals surface area contributed by atoms with Gasteiger partial charge in [-0.1, -0.05) is 6.92 Å². The van der Waals surface area contributed by atoms with Gasteiger partial charge in [0.15, 0.2) is 0 Å². The number of aryl methyl sites for hydroxylation is 1. The standard InChI is InChI=1S/C13H12FNO2S2/c1-2-12-15-9(7-19-12)6-18-11-5-8(13(16)17)3-4-10(11)14/h3-5,7H,2,6H2,1H3,(H,16,17). The van der Waals surface area contributed by atoms with Crippen molar-refractivity contribution in [3.63, 3.8) is 0 Å². The molecule has 1 N–H and O–H groups in total. The van der Waals surface area contributed by atoms with Gasteiger partial charge in [-0.25, -0.2) is 14.2 Å². The van der Waals surface area contributed by atoms with E-state index in [0.717, 1.165) is 17.1 Å². The summed E-state index contributed by atoms with van der Waals surface area (Å²) in [5.74, 6) is -0.916. The first-order valence-electron chi connectivity index (χ1n) is 5.69. The van der Waals surface area contributed by atoms with E-state index in [4.69, 9.17) is 5.11 Å². The van der Waals surface area contributed by atoms with Crippen LogP contribution in [-0.2, 0) is 12.2 Å². The highest BCUT2D eigenvalue weighted by Gasteiger charge is 2.10. The Labute approximate surface area is 118 Å². The predicted octanol–water partition coefficient (Wildman–Crippen LogP) is 3.84. The molecule has 2 rings (SSSR count). The number of carboxylic acid groups (broad SMARTS) is 1. The molecule has 3 nitrogen and oxygen atoms in total. The number of aromatic nitrogens is 1. The van der Waals surface area contributed by atoms with Crippen molar-refractivity contribution < 1.29 is 14.3 Å². The number of thiazole rings is 1. The van der Waals surface area contributed by atoms with Gasteiger partial charge in [0, 0.05) is 16.0 Å². The molecule has 19 heavy (non-hydrogen) atoms. The quantitative estimate of drug-likeness (QED) is 0.852. The Morgan fingerprint density at radius 1 is 1.53 bits per heavy atom. The molecule has 0 bridgehead atoms. The molecule has 0 spiro atoms. The topological polar surface area (TPSA) is 50.2 Å². The van der Waals surface area contributed by atoms with Crippen molar-refractivity contribution >= 4 is 29.1 Å². The molecule has 0 saturated carbocycles. The SMILES string of the molecule is CCc1nc(CSc2cc(C(=O)O)ccc2F)cs1. The maximum Gasteiger partial charge on any atom is 0.335 e. The van der Waals surface area contributed by atoms with Crippen LogP contribution >= 0.6 is 23.1 Å². The van der Waals surface area contributed by atoms with Crippen molar-refractivity contribution in [3.05, 3.63) is 45.7 Å². The van der Waals surface area contributed by atoms with Crippen molar-refractivity contribution in [2.45, 2.75) is 24.0 Å². The summed E-state index contributed by atoms with van der Waals surface area (Å²) < 4.78 is 13.6. The number of hydrogen-bond acceptors (Lipinski definition) is 4. The number of nitrogens with zero attached hydrogens (tertiary/aromatic N) is 1. The summed E-state index contributed by atoms with van der Waals surface area (Å²) >= 11 is 2.85. The van der Waals surface area contributed by atoms with E-state index in [1.54, 1.807) is 11.3 Å². The predicted molar refractivity (Wildman–Crippen MR) is 74.4 cm³/mol. The minimum absolute atomic E-state index is 0.0939. The van der Waals surface area contributed by atoms with Gasteiger partial charge in [0.25, 0.3) is 0 Å². The maximum atomic E-state index is 13.6. The number of carboxylic acids is 1. The van der Waals surface area contributed by atoms with Gasteiger partial charge >= 0.3 is 5.97 Å². The van der Waals surface area contributed by atoms with Crippen LogP contribution in [0.5, 0.6) is 0 Å². The monoisotopic (exact) mass is 297 g/mol. The van der Waals surface area contributed by atoms with Crippen LogP contribution in [0.3, 0.4) is 0 Å². The van der Waals surface area contributed by atoms with Gasteiger partial charge < -0.3 is 5.11 Å². The smallest absolute Gasteiger partial charge is 0.335 e. The molecule has 1 heterocycles. The first-order valence-corrected chi connectivity index (χ1v) is 7.55. The highest BCUT2D eigenvalue weighted by Crippen LogP contribution is 2.27. The van der Waals surface area contributed by atoms with Crippen LogP contribution < -0.4 is 0 Å². The Kier molecular flexibility index (Phi) is 4.55. The van der Waals surface area contributed by atoms with Crippen LogP contribution in [0.1, 0.15) is 28.0 Å². The van der Waals surface area contributed by atoms with E-state index < -0.39 is 11.8 Å². The van der Waals surface area contributed by atoms with Crippen molar-refractivity contribution in [2.24, 2.45) is 0 Å². The van der Waals surface area contributed by atoms with Crippen LogP contribution in [0.15, 0.2) is 28.5 Å². The minimum Gasteiger partial charge on any atom is -0.478 e. The van der Waals surface area contributed by atoms with Crippen molar-refractivity contribution in [1.82, 2.24) is 4.98 Å². The second-order valence-corrected chi connectivity index (χ2v) is 5.78. The van der Waals surface area contributed by atoms with E-state index in [0.29, 0.717) is 10.6 Å². The van der Waals surface area contributed by atoms with Crippen molar-refractivity contribution in [1.29, 1.82) is 0 Å². The molecule has 0 unspecified atom stereocenters. The second-order valence-electron chi connectivity index (χ2n) is 3.83. The molecule has 0 aliphatic rings. The van der Waals surface area contributed by atoms with Gasteiger partial charge in [-0.2, -0.15) is 0 Å². The summed E-state index contributed by atoms with van der Waals surface area (Å²) in [6.07, 6.45) is 0.887. The third-order valence-electron chi connectivity index (χ3n) is 2.46. The molecule has 0 amide bonds. The molecule has 2 aromatic rings. The van der Waals surface area contributed by atoms with Crippen molar-refractivity contribution in [2.75, 3.05) is 0 Å². The summed E-state index contributed by atoms with van der Waals surface area (Å²) in [6, 6.07) is 3.81. The number of aromatic carboxylic acids is 1. The zero-order valence-electron chi connectivity index (χ0n) is 10.2. The number of thioether (sulfide) groups is 1. The lowest BCUT2D eigenvalue weighted by atomic mass is 10.2. The summed E-state index contributed by atoms with van der Waals surface area (Å²) in [5.41, 5.74) is 0.989. The zero-order valence-corrected chi connectivity index (χ0v) is 11.9. The Morgan fingerprint density at radius 3 is 2.95 bits per heavy atom. The van der Waals surface area contributed by atoms with E-state index >= 15 is 0 Å². The number of carbonyl (C=O) groups is 1. The van der Waals surface area contributed by atoms with E-state index in [1.807, 2.05) is 12.3 Å². The molecule has 0 atom stereocenters. The van der Waals surface area contributed by atoms with Crippen molar-refractivity contribution in [3.8, 4) is 0 Å². The fourth-order valence-electron chi connectivity index (χ4n) is 1.48. The van der Waals surface area contributed by atoms with Crippen LogP contribution in [0.4, 0.5) is 4.39 Å². The normalized spacial score (nSPS) is 10.6. The fourth-order valence-corrected chi connectivity index (χ4v) is 3.19. The van der Waals surface area contributed by atoms with Crippen LogP contribution in [0.25, 0.3) is 0 Å². The third-order valence-corrected chi connectivity index (χ3v) is 4.56. The second kappa shape index (κ2) is 6.16. The molecule has 0 radical (unpaired) electrons. The third kappa shape index (κ3) is 3.54. The largest absolute Gasteiger partial charge is 0.478 e. The van der Waals surface area contributed by atoms with Gasteiger partial charge in [0.1, 0.15) is 5.82 Å². The van der Waals surface area contributed by atoms with E-state index in [2.05, 4.69) is 4.98 Å². The lowest BCUT2D eigenvalue weighted by Gasteiger charge is -2.03. The molecule has 1 aromatic carbocycles. The summed E-state index contributed by atoms with van der Waals surface area (Å²) in [4.78, 5) is 15.6. The first kappa shape index (κ1) is 14.0. The van der Waals surface area contributed by atoms with E-state index in [-0.39, 0.29) is 5.56 Å². The van der Waals surface area contributed by atoms with Gasteiger partial charge in [-0.05, 0) is 24.6 Å². The van der Waals surface area contributed by atoms with Crippen LogP contribution in [-0.4, -0.2) is 16.1 Å². The summed E-state index contributed by atoms with van der Waals surface area (Å²) in [7, 11) is 0.